The van der Waals surface area contributed by atoms with Gasteiger partial charge in [0.25, 0.3) is 5.91 Å². The van der Waals surface area contributed by atoms with Crippen molar-refractivity contribution >= 4 is 29.1 Å². The van der Waals surface area contributed by atoms with E-state index < -0.39 is 0 Å². The summed E-state index contributed by atoms with van der Waals surface area (Å²) in [5, 5.41) is 15.5. The molecular formula is C20H21ClN2O3. The SMILES string of the molecule is O=C(CCNC(=O)c1ccc(C2(CO)CC2)cc1)Nc1ccc(Cl)cc1. The molecule has 3 rings (SSSR count). The average molecular weight is 373 g/mol. The lowest BCUT2D eigenvalue weighted by atomic mass is 9.96. The number of halogens is 1. The van der Waals surface area contributed by atoms with Crippen molar-refractivity contribution < 1.29 is 14.7 Å². The van der Waals surface area contributed by atoms with E-state index in [2.05, 4.69) is 10.6 Å². The second-order valence-electron chi connectivity index (χ2n) is 6.58. The first-order chi connectivity index (χ1) is 12.5. The van der Waals surface area contributed by atoms with Gasteiger partial charge in [0.05, 0.1) is 6.61 Å². The minimum Gasteiger partial charge on any atom is -0.395 e. The topological polar surface area (TPSA) is 78.4 Å². The van der Waals surface area contributed by atoms with Gasteiger partial charge in [0, 0.05) is 34.7 Å². The van der Waals surface area contributed by atoms with Crippen LogP contribution in [0.1, 0.15) is 35.2 Å². The second-order valence-corrected chi connectivity index (χ2v) is 7.01. The molecule has 0 unspecified atom stereocenters. The molecule has 2 aromatic carbocycles. The molecule has 3 N–H and O–H groups in total. The summed E-state index contributed by atoms with van der Waals surface area (Å²) in [6, 6.07) is 14.1. The third-order valence-corrected chi connectivity index (χ3v) is 4.93. The number of carbonyl (C=O) groups excluding carboxylic acids is 2. The molecule has 0 bridgehead atoms. The van der Waals surface area contributed by atoms with Crippen LogP contribution in [0.5, 0.6) is 0 Å². The van der Waals surface area contributed by atoms with Crippen LogP contribution < -0.4 is 10.6 Å². The highest BCUT2D eigenvalue weighted by atomic mass is 35.5. The van der Waals surface area contributed by atoms with Gasteiger partial charge in [-0.25, -0.2) is 0 Å². The van der Waals surface area contributed by atoms with Gasteiger partial charge < -0.3 is 15.7 Å². The van der Waals surface area contributed by atoms with E-state index in [0.717, 1.165) is 18.4 Å². The third kappa shape index (κ3) is 4.42. The molecule has 0 aliphatic heterocycles. The summed E-state index contributed by atoms with van der Waals surface area (Å²) in [7, 11) is 0. The summed E-state index contributed by atoms with van der Waals surface area (Å²) in [5.74, 6) is -0.397. The summed E-state index contributed by atoms with van der Waals surface area (Å²) in [4.78, 5) is 24.1. The molecule has 0 heterocycles. The van der Waals surface area contributed by atoms with Crippen LogP contribution in [0.2, 0.25) is 5.02 Å². The molecule has 2 amide bonds. The van der Waals surface area contributed by atoms with Crippen LogP contribution in [0, 0.1) is 0 Å². The normalized spacial score (nSPS) is 14.5. The van der Waals surface area contributed by atoms with Crippen molar-refractivity contribution in [3.63, 3.8) is 0 Å². The fourth-order valence-electron chi connectivity index (χ4n) is 2.81. The average Bonchev–Trinajstić information content (AvgIpc) is 3.45. The largest absolute Gasteiger partial charge is 0.395 e. The molecule has 6 heteroatoms. The van der Waals surface area contributed by atoms with Gasteiger partial charge in [0.1, 0.15) is 0 Å². The van der Waals surface area contributed by atoms with Crippen LogP contribution >= 0.6 is 11.6 Å². The van der Waals surface area contributed by atoms with Crippen LogP contribution in [0.25, 0.3) is 0 Å². The summed E-state index contributed by atoms with van der Waals surface area (Å²) < 4.78 is 0. The van der Waals surface area contributed by atoms with Crippen LogP contribution in [0.4, 0.5) is 5.69 Å². The van der Waals surface area contributed by atoms with Gasteiger partial charge >= 0.3 is 0 Å². The number of amides is 2. The Morgan fingerprint density at radius 3 is 2.27 bits per heavy atom. The molecule has 0 aromatic heterocycles. The Morgan fingerprint density at radius 2 is 1.69 bits per heavy atom. The fourth-order valence-corrected chi connectivity index (χ4v) is 2.94. The maximum absolute atomic E-state index is 12.2. The fraction of sp³-hybridized carbons (Fsp3) is 0.300. The van der Waals surface area contributed by atoms with E-state index in [4.69, 9.17) is 11.6 Å². The Hall–Kier alpha value is -2.37. The number of anilines is 1. The van der Waals surface area contributed by atoms with Crippen molar-refractivity contribution in [1.82, 2.24) is 5.32 Å². The summed E-state index contributed by atoms with van der Waals surface area (Å²) >= 11 is 5.80. The van der Waals surface area contributed by atoms with Gasteiger partial charge in [-0.05, 0) is 54.8 Å². The Morgan fingerprint density at radius 1 is 1.04 bits per heavy atom. The highest BCUT2D eigenvalue weighted by molar-refractivity contribution is 6.30. The molecule has 0 radical (unpaired) electrons. The number of benzene rings is 2. The lowest BCUT2D eigenvalue weighted by Crippen LogP contribution is -2.27. The molecule has 26 heavy (non-hydrogen) atoms. The Labute approximate surface area is 157 Å². The predicted octanol–water partition coefficient (Wildman–Crippen LogP) is 3.12. The number of hydrogen-bond acceptors (Lipinski definition) is 3. The first-order valence-corrected chi connectivity index (χ1v) is 8.95. The molecule has 0 saturated heterocycles. The monoisotopic (exact) mass is 372 g/mol. The van der Waals surface area contributed by atoms with Gasteiger partial charge in [-0.1, -0.05) is 23.7 Å². The molecule has 1 aliphatic rings. The van der Waals surface area contributed by atoms with Gasteiger partial charge in [0.2, 0.25) is 5.91 Å². The molecule has 5 nitrogen and oxygen atoms in total. The van der Waals surface area contributed by atoms with E-state index in [9.17, 15) is 14.7 Å². The predicted molar refractivity (Wildman–Crippen MR) is 101 cm³/mol. The first kappa shape index (κ1) is 18.4. The van der Waals surface area contributed by atoms with Crippen molar-refractivity contribution in [2.24, 2.45) is 0 Å². The van der Waals surface area contributed by atoms with Crippen molar-refractivity contribution in [3.05, 3.63) is 64.7 Å². The maximum Gasteiger partial charge on any atom is 0.251 e. The number of hydrogen-bond donors (Lipinski definition) is 3. The number of aliphatic hydroxyl groups excluding tert-OH is 1. The molecule has 1 aliphatic carbocycles. The maximum atomic E-state index is 12.2. The Balaban J connectivity index is 1.45. The molecule has 0 spiro atoms. The highest BCUT2D eigenvalue weighted by Gasteiger charge is 2.43. The van der Waals surface area contributed by atoms with E-state index in [1.807, 2.05) is 12.1 Å². The van der Waals surface area contributed by atoms with Crippen molar-refractivity contribution in [3.8, 4) is 0 Å². The minimum absolute atomic E-state index is 0.102. The molecule has 136 valence electrons. The van der Waals surface area contributed by atoms with E-state index in [1.54, 1.807) is 36.4 Å². The lowest BCUT2D eigenvalue weighted by molar-refractivity contribution is -0.116. The number of aliphatic hydroxyl groups is 1. The number of nitrogens with one attached hydrogen (secondary N) is 2. The lowest BCUT2D eigenvalue weighted by Gasteiger charge is -2.12. The zero-order chi connectivity index (χ0) is 18.6. The zero-order valence-electron chi connectivity index (χ0n) is 14.3. The second kappa shape index (κ2) is 7.89. The van der Waals surface area contributed by atoms with Gasteiger partial charge in [-0.2, -0.15) is 0 Å². The molecule has 2 aromatic rings. The van der Waals surface area contributed by atoms with Crippen molar-refractivity contribution in [1.29, 1.82) is 0 Å². The quantitative estimate of drug-likeness (QED) is 0.698. The van der Waals surface area contributed by atoms with Crippen LogP contribution in [0.15, 0.2) is 48.5 Å². The van der Waals surface area contributed by atoms with E-state index in [1.165, 1.54) is 0 Å². The molecular weight excluding hydrogens is 352 g/mol. The minimum atomic E-state index is -0.218. The Kier molecular flexibility index (Phi) is 5.59. The van der Waals surface area contributed by atoms with E-state index in [-0.39, 0.29) is 36.8 Å². The standard InChI is InChI=1S/C20H21ClN2O3/c21-16-5-7-17(8-6-16)23-18(25)9-12-22-19(26)14-1-3-15(4-2-14)20(13-24)10-11-20/h1-8,24H,9-13H2,(H,22,26)(H,23,25). The van der Waals surface area contributed by atoms with E-state index >= 15 is 0 Å². The van der Waals surface area contributed by atoms with Gasteiger partial charge in [-0.15, -0.1) is 0 Å². The first-order valence-electron chi connectivity index (χ1n) is 8.57. The van der Waals surface area contributed by atoms with Crippen molar-refractivity contribution in [2.45, 2.75) is 24.7 Å². The molecule has 1 saturated carbocycles. The van der Waals surface area contributed by atoms with Crippen molar-refractivity contribution in [2.75, 3.05) is 18.5 Å². The summed E-state index contributed by atoms with van der Waals surface area (Å²) in [5.41, 5.74) is 2.17. The zero-order valence-corrected chi connectivity index (χ0v) is 15.1. The smallest absolute Gasteiger partial charge is 0.251 e. The number of carbonyl (C=O) groups is 2. The summed E-state index contributed by atoms with van der Waals surface area (Å²) in [6.45, 7) is 0.391. The van der Waals surface area contributed by atoms with Gasteiger partial charge in [-0.3, -0.25) is 9.59 Å². The molecule has 1 fully saturated rings. The third-order valence-electron chi connectivity index (χ3n) is 4.68. The van der Waals surface area contributed by atoms with E-state index in [0.29, 0.717) is 16.3 Å². The van der Waals surface area contributed by atoms with Gasteiger partial charge in [0.15, 0.2) is 0 Å². The Bertz CT molecular complexity index is 784. The van der Waals surface area contributed by atoms with Crippen LogP contribution in [0.3, 0.4) is 0 Å². The molecule has 0 atom stereocenters. The van der Waals surface area contributed by atoms with Crippen LogP contribution in [-0.2, 0) is 10.2 Å². The summed E-state index contributed by atoms with van der Waals surface area (Å²) in [6.07, 6.45) is 2.15. The van der Waals surface area contributed by atoms with Crippen LogP contribution in [-0.4, -0.2) is 30.1 Å². The highest BCUT2D eigenvalue weighted by Crippen LogP contribution is 2.47. The number of rotatable bonds is 7.